The van der Waals surface area contributed by atoms with Crippen molar-refractivity contribution in [2.75, 3.05) is 14.2 Å². The number of alkyl halides is 2. The highest BCUT2D eigenvalue weighted by Crippen LogP contribution is 2.25. The van der Waals surface area contributed by atoms with E-state index < -0.39 is 6.61 Å². The predicted molar refractivity (Wildman–Crippen MR) is 121 cm³/mol. The number of aromatic nitrogens is 1. The van der Waals surface area contributed by atoms with E-state index in [1.54, 1.807) is 26.4 Å². The first-order valence-corrected chi connectivity index (χ1v) is 8.90. The SMILES string of the molecule is CN=C(NCc1cc(Cl)ccc1OC(F)F)NCc1ncc(C)c(OC)c1C.I. The fourth-order valence-corrected chi connectivity index (χ4v) is 2.91. The van der Waals surface area contributed by atoms with Gasteiger partial charge < -0.3 is 20.1 Å². The standard InChI is InChI=1S/C19H23ClF2N4O2.HI/c1-11-8-24-15(12(2)17(11)27-4)10-26-19(23-3)25-9-13-7-14(20)5-6-16(13)28-18(21)22;/h5-8,18H,9-10H2,1-4H3,(H2,23,25,26);1H. The lowest BCUT2D eigenvalue weighted by molar-refractivity contribution is -0.0504. The van der Waals surface area contributed by atoms with Gasteiger partial charge in [-0.1, -0.05) is 11.6 Å². The van der Waals surface area contributed by atoms with E-state index in [9.17, 15) is 8.78 Å². The molecule has 29 heavy (non-hydrogen) atoms. The molecular weight excluding hydrogens is 517 g/mol. The van der Waals surface area contributed by atoms with Crippen molar-refractivity contribution in [3.63, 3.8) is 0 Å². The quantitative estimate of drug-likeness (QED) is 0.309. The lowest BCUT2D eigenvalue weighted by Crippen LogP contribution is -2.36. The van der Waals surface area contributed by atoms with Crippen molar-refractivity contribution in [3.05, 3.63) is 51.8 Å². The number of rotatable bonds is 7. The molecule has 0 bridgehead atoms. The van der Waals surface area contributed by atoms with Crippen molar-refractivity contribution in [2.45, 2.75) is 33.5 Å². The minimum absolute atomic E-state index is 0. The molecule has 0 atom stereocenters. The van der Waals surface area contributed by atoms with Gasteiger partial charge in [0.05, 0.1) is 19.3 Å². The maximum atomic E-state index is 12.6. The van der Waals surface area contributed by atoms with Gasteiger partial charge in [-0.25, -0.2) is 0 Å². The van der Waals surface area contributed by atoms with Gasteiger partial charge >= 0.3 is 6.61 Å². The number of hydrogen-bond donors (Lipinski definition) is 2. The van der Waals surface area contributed by atoms with E-state index in [0.29, 0.717) is 23.1 Å². The number of pyridine rings is 1. The number of benzene rings is 1. The Balaban J connectivity index is 0.00000420. The van der Waals surface area contributed by atoms with Crippen molar-refractivity contribution in [2.24, 2.45) is 4.99 Å². The van der Waals surface area contributed by atoms with Gasteiger partial charge in [0, 0.05) is 41.5 Å². The minimum atomic E-state index is -2.91. The number of nitrogens with zero attached hydrogens (tertiary/aromatic N) is 2. The van der Waals surface area contributed by atoms with Crippen molar-refractivity contribution in [1.29, 1.82) is 0 Å². The van der Waals surface area contributed by atoms with Crippen LogP contribution in [-0.4, -0.2) is 31.7 Å². The second-order valence-electron chi connectivity index (χ2n) is 5.96. The Morgan fingerprint density at radius 3 is 2.55 bits per heavy atom. The van der Waals surface area contributed by atoms with Crippen LogP contribution < -0.4 is 20.1 Å². The lowest BCUT2D eigenvalue weighted by atomic mass is 10.1. The maximum absolute atomic E-state index is 12.6. The number of ether oxygens (including phenoxy) is 2. The van der Waals surface area contributed by atoms with E-state index >= 15 is 0 Å². The highest BCUT2D eigenvalue weighted by molar-refractivity contribution is 14.0. The Labute approximate surface area is 191 Å². The smallest absolute Gasteiger partial charge is 0.387 e. The average Bonchev–Trinajstić information content (AvgIpc) is 2.65. The summed E-state index contributed by atoms with van der Waals surface area (Å²) < 4.78 is 35.1. The van der Waals surface area contributed by atoms with E-state index in [1.807, 2.05) is 13.8 Å². The summed E-state index contributed by atoms with van der Waals surface area (Å²) in [6.45, 7) is 1.57. The molecule has 0 aliphatic heterocycles. The first kappa shape index (κ1) is 25.2. The average molecular weight is 541 g/mol. The molecule has 0 saturated carbocycles. The largest absolute Gasteiger partial charge is 0.496 e. The molecule has 2 N–H and O–H groups in total. The van der Waals surface area contributed by atoms with Crippen LogP contribution in [0.2, 0.25) is 5.02 Å². The number of halogens is 4. The number of methoxy groups -OCH3 is 1. The van der Waals surface area contributed by atoms with E-state index in [-0.39, 0.29) is 36.3 Å². The fraction of sp³-hybridized carbons (Fsp3) is 0.368. The first-order valence-electron chi connectivity index (χ1n) is 8.52. The zero-order chi connectivity index (χ0) is 20.7. The van der Waals surface area contributed by atoms with Crippen LogP contribution in [0.3, 0.4) is 0 Å². The number of aliphatic imine (C=N–C) groups is 1. The van der Waals surface area contributed by atoms with E-state index in [1.165, 1.54) is 12.1 Å². The molecule has 2 aromatic rings. The number of guanidine groups is 1. The number of hydrogen-bond acceptors (Lipinski definition) is 4. The van der Waals surface area contributed by atoms with Crippen LogP contribution >= 0.6 is 35.6 Å². The number of nitrogens with one attached hydrogen (secondary N) is 2. The lowest BCUT2D eigenvalue weighted by Gasteiger charge is -2.16. The highest BCUT2D eigenvalue weighted by Gasteiger charge is 2.12. The molecule has 0 aliphatic rings. The van der Waals surface area contributed by atoms with Crippen molar-refractivity contribution >= 4 is 41.5 Å². The minimum Gasteiger partial charge on any atom is -0.496 e. The van der Waals surface area contributed by atoms with Crippen molar-refractivity contribution in [3.8, 4) is 11.5 Å². The summed E-state index contributed by atoms with van der Waals surface area (Å²) in [5, 5.41) is 6.62. The third-order valence-electron chi connectivity index (χ3n) is 4.08. The van der Waals surface area contributed by atoms with Gasteiger partial charge in [-0.05, 0) is 32.0 Å². The Morgan fingerprint density at radius 2 is 1.93 bits per heavy atom. The molecule has 0 saturated heterocycles. The molecule has 0 spiro atoms. The second-order valence-corrected chi connectivity index (χ2v) is 6.39. The molecule has 0 fully saturated rings. The summed E-state index contributed by atoms with van der Waals surface area (Å²) in [6.07, 6.45) is 1.75. The molecule has 1 heterocycles. The molecule has 6 nitrogen and oxygen atoms in total. The zero-order valence-electron chi connectivity index (χ0n) is 16.6. The monoisotopic (exact) mass is 540 g/mol. The third-order valence-corrected chi connectivity index (χ3v) is 4.32. The topological polar surface area (TPSA) is 67.8 Å². The molecule has 160 valence electrons. The normalized spacial score (nSPS) is 11.1. The summed E-state index contributed by atoms with van der Waals surface area (Å²) in [5.74, 6) is 1.33. The predicted octanol–water partition coefficient (Wildman–Crippen LogP) is 4.45. The molecule has 2 rings (SSSR count). The summed E-state index contributed by atoms with van der Waals surface area (Å²) in [4.78, 5) is 8.56. The van der Waals surface area contributed by atoms with Crippen LogP contribution in [0.15, 0.2) is 29.4 Å². The van der Waals surface area contributed by atoms with Crippen LogP contribution in [0.4, 0.5) is 8.78 Å². The van der Waals surface area contributed by atoms with E-state index in [2.05, 4.69) is 25.3 Å². The van der Waals surface area contributed by atoms with E-state index in [0.717, 1.165) is 22.6 Å². The fourth-order valence-electron chi connectivity index (χ4n) is 2.71. The van der Waals surface area contributed by atoms with Gasteiger partial charge in [0.1, 0.15) is 11.5 Å². The van der Waals surface area contributed by atoms with E-state index in [4.69, 9.17) is 16.3 Å². The van der Waals surface area contributed by atoms with Crippen LogP contribution in [0.25, 0.3) is 0 Å². The first-order chi connectivity index (χ1) is 13.3. The van der Waals surface area contributed by atoms with Crippen LogP contribution in [-0.2, 0) is 13.1 Å². The van der Waals surface area contributed by atoms with Gasteiger partial charge in [-0.2, -0.15) is 8.78 Å². The molecular formula is C19H24ClF2IN4O2. The summed E-state index contributed by atoms with van der Waals surface area (Å²) in [7, 11) is 3.23. The molecule has 0 aliphatic carbocycles. The van der Waals surface area contributed by atoms with Gasteiger partial charge in [-0.15, -0.1) is 24.0 Å². The maximum Gasteiger partial charge on any atom is 0.387 e. The summed E-state index contributed by atoms with van der Waals surface area (Å²) in [5.41, 5.74) is 3.20. The van der Waals surface area contributed by atoms with Crippen LogP contribution in [0, 0.1) is 13.8 Å². The molecule has 0 amide bonds. The van der Waals surface area contributed by atoms with Crippen LogP contribution in [0.5, 0.6) is 11.5 Å². The Morgan fingerprint density at radius 1 is 1.24 bits per heavy atom. The summed E-state index contributed by atoms with van der Waals surface area (Å²) in [6, 6.07) is 4.47. The molecule has 0 radical (unpaired) electrons. The molecule has 1 aromatic heterocycles. The third kappa shape index (κ3) is 7.14. The Hall–Kier alpha value is -1.88. The molecule has 0 unspecified atom stereocenters. The van der Waals surface area contributed by atoms with Crippen molar-refractivity contribution < 1.29 is 18.3 Å². The molecule has 10 heteroatoms. The van der Waals surface area contributed by atoms with Gasteiger partial charge in [0.25, 0.3) is 0 Å². The number of aryl methyl sites for hydroxylation is 1. The van der Waals surface area contributed by atoms with Crippen LogP contribution in [0.1, 0.15) is 22.4 Å². The highest BCUT2D eigenvalue weighted by atomic mass is 127. The summed E-state index contributed by atoms with van der Waals surface area (Å²) >= 11 is 5.97. The second kappa shape index (κ2) is 12.0. The Bertz CT molecular complexity index is 853. The van der Waals surface area contributed by atoms with Crippen molar-refractivity contribution in [1.82, 2.24) is 15.6 Å². The van der Waals surface area contributed by atoms with Gasteiger partial charge in [0.15, 0.2) is 5.96 Å². The van der Waals surface area contributed by atoms with Gasteiger partial charge in [-0.3, -0.25) is 9.98 Å². The van der Waals surface area contributed by atoms with Gasteiger partial charge in [0.2, 0.25) is 0 Å². The molecule has 1 aromatic carbocycles. The zero-order valence-corrected chi connectivity index (χ0v) is 19.6. The Kier molecular flexibility index (Phi) is 10.4.